The molecule has 2 nitrogen and oxygen atoms in total. The van der Waals surface area contributed by atoms with E-state index in [1.54, 1.807) is 11.1 Å². The van der Waals surface area contributed by atoms with Crippen LogP contribution in [0.15, 0.2) is 24.3 Å². The summed E-state index contributed by atoms with van der Waals surface area (Å²) in [5.74, 6) is 1.13. The molecular weight excluding hydrogens is 873 g/mol. The molecule has 0 spiro atoms. The summed E-state index contributed by atoms with van der Waals surface area (Å²) in [6.45, 7) is 13.8. The van der Waals surface area contributed by atoms with Gasteiger partial charge in [-0.2, -0.15) is 0 Å². The lowest BCUT2D eigenvalue weighted by Gasteiger charge is -2.21. The molecule has 2 aromatic carbocycles. The van der Waals surface area contributed by atoms with Crippen molar-refractivity contribution < 1.29 is 10.2 Å². The van der Waals surface area contributed by atoms with Gasteiger partial charge in [0.2, 0.25) is 0 Å². The zero-order chi connectivity index (χ0) is 52.2. The Bertz CT molecular complexity index is 1420. The van der Waals surface area contributed by atoms with Crippen LogP contribution in [0.1, 0.15) is 370 Å². The molecule has 0 saturated heterocycles. The number of aryl methyl sites for hydroxylation is 3. The van der Waals surface area contributed by atoms with E-state index < -0.39 is 0 Å². The Morgan fingerprint density at radius 1 is 0.222 bits per heavy atom. The van der Waals surface area contributed by atoms with Gasteiger partial charge >= 0.3 is 0 Å². The van der Waals surface area contributed by atoms with Crippen molar-refractivity contribution in [2.75, 3.05) is 0 Å². The first-order valence-electron chi connectivity index (χ1n) is 33.1. The first kappa shape index (κ1) is 68.1. The summed E-state index contributed by atoms with van der Waals surface area (Å²) >= 11 is 0. The molecule has 72 heavy (non-hydrogen) atoms. The Morgan fingerprint density at radius 3 is 0.833 bits per heavy atom. The highest BCUT2D eigenvalue weighted by atomic mass is 16.3. The van der Waals surface area contributed by atoms with Gasteiger partial charge in [0.25, 0.3) is 0 Å². The van der Waals surface area contributed by atoms with Crippen LogP contribution in [0.2, 0.25) is 0 Å². The maximum Gasteiger partial charge on any atom is 0.119 e. The van der Waals surface area contributed by atoms with Crippen molar-refractivity contribution in [3.63, 3.8) is 0 Å². The SMILES string of the molecule is CCCCCCCCCCc1cc(O)c(CCCCCCCCCC)c(CCCCCCCCCC)c1CCCCCCCCCC.CCCCCCCCCc1ccc(O)c(CCCCCCCCC)c1. The topological polar surface area (TPSA) is 40.5 Å². The number of phenols is 2. The van der Waals surface area contributed by atoms with E-state index in [0.717, 1.165) is 31.2 Å². The lowest BCUT2D eigenvalue weighted by atomic mass is 9.85. The normalized spacial score (nSPS) is 11.4. The van der Waals surface area contributed by atoms with Crippen LogP contribution in [0.3, 0.4) is 0 Å². The van der Waals surface area contributed by atoms with Crippen molar-refractivity contribution in [3.05, 3.63) is 57.6 Å². The molecule has 0 heterocycles. The zero-order valence-electron chi connectivity index (χ0n) is 50.0. The number of unbranched alkanes of at least 4 members (excludes halogenated alkanes) is 40. The summed E-state index contributed by atoms with van der Waals surface area (Å²) in [6.07, 6.45) is 69.6. The van der Waals surface area contributed by atoms with E-state index in [2.05, 4.69) is 59.7 Å². The summed E-state index contributed by atoms with van der Waals surface area (Å²) in [5.41, 5.74) is 8.68. The van der Waals surface area contributed by atoms with Gasteiger partial charge in [-0.3, -0.25) is 0 Å². The van der Waals surface area contributed by atoms with E-state index >= 15 is 0 Å². The van der Waals surface area contributed by atoms with Gasteiger partial charge in [0.1, 0.15) is 11.5 Å². The second-order valence-electron chi connectivity index (χ2n) is 23.1. The predicted molar refractivity (Wildman–Crippen MR) is 325 cm³/mol. The van der Waals surface area contributed by atoms with Crippen molar-refractivity contribution in [1.82, 2.24) is 0 Å². The predicted octanol–water partition coefficient (Wildman–Crippen LogP) is 24.1. The van der Waals surface area contributed by atoms with Crippen LogP contribution >= 0.6 is 0 Å². The molecule has 2 N–H and O–H groups in total. The monoisotopic (exact) mass is 1000 g/mol. The van der Waals surface area contributed by atoms with Crippen LogP contribution in [0.25, 0.3) is 0 Å². The second kappa shape index (κ2) is 52.5. The molecule has 2 rings (SSSR count). The third kappa shape index (κ3) is 38.6. The number of rotatable bonds is 52. The van der Waals surface area contributed by atoms with Crippen LogP contribution in [-0.2, 0) is 38.5 Å². The van der Waals surface area contributed by atoms with Gasteiger partial charge < -0.3 is 10.2 Å². The first-order chi connectivity index (χ1) is 35.5. The summed E-state index contributed by atoms with van der Waals surface area (Å²) in [5, 5.41) is 21.7. The second-order valence-corrected chi connectivity index (χ2v) is 23.1. The maximum absolute atomic E-state index is 11.6. The third-order valence-electron chi connectivity index (χ3n) is 16.1. The Labute approximate surface area is 452 Å². The average Bonchev–Trinajstić information content (AvgIpc) is 3.38. The molecule has 0 aromatic heterocycles. The highest BCUT2D eigenvalue weighted by Crippen LogP contribution is 2.34. The van der Waals surface area contributed by atoms with Crippen molar-refractivity contribution in [1.29, 1.82) is 0 Å². The summed E-state index contributed by atoms with van der Waals surface area (Å²) in [7, 11) is 0. The molecule has 420 valence electrons. The van der Waals surface area contributed by atoms with Gasteiger partial charge in [-0.15, -0.1) is 0 Å². The number of hydrogen-bond donors (Lipinski definition) is 2. The van der Waals surface area contributed by atoms with Crippen LogP contribution in [0.4, 0.5) is 0 Å². The van der Waals surface area contributed by atoms with E-state index in [9.17, 15) is 10.2 Å². The standard InChI is InChI=1S/C46H86O.C24H42O/c1-5-9-13-17-21-25-29-33-37-42-41-46(47)45(40-36-32-28-24-20-16-12-8-4)44(39-35-31-27-23-19-15-11-7-3)43(42)38-34-30-26-22-18-14-10-6-2;1-3-5-7-9-11-13-15-17-22-19-20-24(25)23(21-22)18-16-14-12-10-8-6-4-2/h41,47H,5-40H2,1-4H3;19-21,25H,3-18H2,1-2H3. The number of benzene rings is 2. The largest absolute Gasteiger partial charge is 0.508 e. The lowest BCUT2D eigenvalue weighted by molar-refractivity contribution is 0.461. The van der Waals surface area contributed by atoms with Crippen molar-refractivity contribution in [2.45, 2.75) is 375 Å². The molecule has 0 atom stereocenters. The van der Waals surface area contributed by atoms with Gasteiger partial charge in [0.15, 0.2) is 0 Å². The summed E-state index contributed by atoms with van der Waals surface area (Å²) in [4.78, 5) is 0. The quantitative estimate of drug-likeness (QED) is 0.0649. The molecule has 0 aliphatic carbocycles. The van der Waals surface area contributed by atoms with Crippen molar-refractivity contribution >= 4 is 0 Å². The Morgan fingerprint density at radius 2 is 0.486 bits per heavy atom. The molecule has 2 aromatic rings. The molecule has 2 heteroatoms. The van der Waals surface area contributed by atoms with Crippen molar-refractivity contribution in [2.24, 2.45) is 0 Å². The molecule has 0 amide bonds. The maximum atomic E-state index is 11.6. The molecule has 0 aliphatic heterocycles. The van der Waals surface area contributed by atoms with Crippen LogP contribution < -0.4 is 0 Å². The molecule has 0 radical (unpaired) electrons. The van der Waals surface area contributed by atoms with Gasteiger partial charge in [-0.1, -0.05) is 311 Å². The minimum atomic E-state index is 0.495. The van der Waals surface area contributed by atoms with E-state index in [4.69, 9.17) is 0 Å². The summed E-state index contributed by atoms with van der Waals surface area (Å²) < 4.78 is 0. The zero-order valence-corrected chi connectivity index (χ0v) is 50.0. The number of aromatic hydroxyl groups is 2. The average molecular weight is 1000 g/mol. The molecule has 0 aliphatic rings. The summed E-state index contributed by atoms with van der Waals surface area (Å²) in [6, 6.07) is 8.52. The first-order valence-corrected chi connectivity index (χ1v) is 33.1. The van der Waals surface area contributed by atoms with E-state index in [0.29, 0.717) is 11.5 Å². The van der Waals surface area contributed by atoms with Crippen molar-refractivity contribution in [3.8, 4) is 11.5 Å². The molecule has 0 unspecified atom stereocenters. The highest BCUT2D eigenvalue weighted by molar-refractivity contribution is 5.50. The Kier molecular flexibility index (Phi) is 49.6. The van der Waals surface area contributed by atoms with Gasteiger partial charge in [0, 0.05) is 0 Å². The van der Waals surface area contributed by atoms with Gasteiger partial charge in [-0.25, -0.2) is 0 Å². The van der Waals surface area contributed by atoms with E-state index in [1.807, 2.05) is 6.07 Å². The van der Waals surface area contributed by atoms with E-state index in [1.165, 1.54) is 325 Å². The fourth-order valence-electron chi connectivity index (χ4n) is 11.3. The lowest BCUT2D eigenvalue weighted by Crippen LogP contribution is -2.07. The van der Waals surface area contributed by atoms with Gasteiger partial charge in [-0.05, 0) is 123 Å². The molecular formula is C70H128O2. The van der Waals surface area contributed by atoms with Crippen LogP contribution in [-0.4, -0.2) is 10.2 Å². The number of phenolic OH excluding ortho intramolecular Hbond substituents is 2. The fraction of sp³-hybridized carbons (Fsp3) is 0.829. The van der Waals surface area contributed by atoms with Crippen LogP contribution in [0, 0.1) is 0 Å². The Hall–Kier alpha value is -1.96. The molecule has 0 fully saturated rings. The van der Waals surface area contributed by atoms with Crippen LogP contribution in [0.5, 0.6) is 11.5 Å². The number of hydrogen-bond acceptors (Lipinski definition) is 2. The highest BCUT2D eigenvalue weighted by Gasteiger charge is 2.18. The fourth-order valence-corrected chi connectivity index (χ4v) is 11.3. The minimum Gasteiger partial charge on any atom is -0.508 e. The smallest absolute Gasteiger partial charge is 0.119 e. The molecule has 0 saturated carbocycles. The molecule has 0 bridgehead atoms. The Balaban J connectivity index is 0.000000868. The van der Waals surface area contributed by atoms with Gasteiger partial charge in [0.05, 0.1) is 0 Å². The minimum absolute atomic E-state index is 0.495. The van der Waals surface area contributed by atoms with E-state index in [-0.39, 0.29) is 0 Å². The third-order valence-corrected chi connectivity index (χ3v) is 16.1.